The Balaban J connectivity index is 2.37. The van der Waals surface area contributed by atoms with Crippen molar-refractivity contribution >= 4 is 5.69 Å². The van der Waals surface area contributed by atoms with Gasteiger partial charge in [0.2, 0.25) is 0 Å². The summed E-state index contributed by atoms with van der Waals surface area (Å²) in [4.78, 5) is 2.17. The number of ether oxygens (including phenoxy) is 1. The van der Waals surface area contributed by atoms with E-state index in [9.17, 15) is 9.50 Å². The van der Waals surface area contributed by atoms with Gasteiger partial charge in [-0.2, -0.15) is 0 Å². The minimum Gasteiger partial charge on any atom is -0.389 e. The van der Waals surface area contributed by atoms with Crippen LogP contribution < -0.4 is 4.90 Å². The van der Waals surface area contributed by atoms with Crippen molar-refractivity contribution in [2.75, 3.05) is 31.2 Å². The van der Waals surface area contributed by atoms with Crippen molar-refractivity contribution in [2.24, 2.45) is 0 Å². The molecule has 18 heavy (non-hydrogen) atoms. The van der Waals surface area contributed by atoms with Gasteiger partial charge in [-0.1, -0.05) is 0 Å². The van der Waals surface area contributed by atoms with E-state index in [1.807, 2.05) is 6.07 Å². The van der Waals surface area contributed by atoms with Crippen molar-refractivity contribution in [3.05, 3.63) is 29.1 Å². The standard InChI is InChI=1S/C14H20FNO2/c1-10-8-14(12(11(2)17)9-13(10)15)16-4-3-6-18-7-5-16/h8-9,11,17H,3-7H2,1-2H3/t11-/m1/s1. The topological polar surface area (TPSA) is 32.7 Å². The van der Waals surface area contributed by atoms with Gasteiger partial charge < -0.3 is 14.7 Å². The SMILES string of the molecule is Cc1cc(N2CCCOCC2)c([C@@H](C)O)cc1F. The van der Waals surface area contributed by atoms with Crippen LogP contribution in [0.5, 0.6) is 0 Å². The Kier molecular flexibility index (Phi) is 4.19. The fourth-order valence-electron chi connectivity index (χ4n) is 2.28. The average Bonchev–Trinajstić information content (AvgIpc) is 2.60. The van der Waals surface area contributed by atoms with Crippen LogP contribution in [0.25, 0.3) is 0 Å². The van der Waals surface area contributed by atoms with Crippen molar-refractivity contribution < 1.29 is 14.2 Å². The molecule has 0 spiro atoms. The smallest absolute Gasteiger partial charge is 0.126 e. The lowest BCUT2D eigenvalue weighted by atomic mass is 10.0. The first-order valence-electron chi connectivity index (χ1n) is 6.40. The van der Waals surface area contributed by atoms with Gasteiger partial charge in [-0.15, -0.1) is 0 Å². The lowest BCUT2D eigenvalue weighted by Gasteiger charge is -2.26. The van der Waals surface area contributed by atoms with Crippen LogP contribution in [0.4, 0.5) is 10.1 Å². The molecule has 1 heterocycles. The summed E-state index contributed by atoms with van der Waals surface area (Å²) in [5.74, 6) is -0.263. The highest BCUT2D eigenvalue weighted by Gasteiger charge is 2.18. The molecule has 0 radical (unpaired) electrons. The van der Waals surface area contributed by atoms with Crippen molar-refractivity contribution in [3.63, 3.8) is 0 Å². The highest BCUT2D eigenvalue weighted by Crippen LogP contribution is 2.29. The zero-order valence-corrected chi connectivity index (χ0v) is 10.9. The minimum absolute atomic E-state index is 0.263. The molecule has 100 valence electrons. The van der Waals surface area contributed by atoms with Gasteiger partial charge in [0.15, 0.2) is 0 Å². The first-order chi connectivity index (χ1) is 8.59. The summed E-state index contributed by atoms with van der Waals surface area (Å²) in [5, 5.41) is 9.80. The number of nitrogens with zero attached hydrogens (tertiary/aromatic N) is 1. The molecule has 1 aromatic rings. The van der Waals surface area contributed by atoms with Gasteiger partial charge in [-0.25, -0.2) is 4.39 Å². The summed E-state index contributed by atoms with van der Waals surface area (Å²) >= 11 is 0. The summed E-state index contributed by atoms with van der Waals surface area (Å²) in [6.45, 7) is 6.52. The van der Waals surface area contributed by atoms with Crippen LogP contribution in [0.2, 0.25) is 0 Å². The van der Waals surface area contributed by atoms with Gasteiger partial charge in [0.05, 0.1) is 12.7 Å². The Morgan fingerprint density at radius 1 is 1.33 bits per heavy atom. The van der Waals surface area contributed by atoms with Crippen molar-refractivity contribution in [1.29, 1.82) is 0 Å². The zero-order chi connectivity index (χ0) is 13.1. The van der Waals surface area contributed by atoms with Crippen molar-refractivity contribution in [2.45, 2.75) is 26.4 Å². The summed E-state index contributed by atoms with van der Waals surface area (Å²) < 4.78 is 19.0. The number of benzene rings is 1. The van der Waals surface area contributed by atoms with E-state index >= 15 is 0 Å². The maximum atomic E-state index is 13.6. The Morgan fingerprint density at radius 3 is 2.83 bits per heavy atom. The molecule has 3 nitrogen and oxygen atoms in total. The van der Waals surface area contributed by atoms with Gasteiger partial charge in [0, 0.05) is 30.9 Å². The first-order valence-corrected chi connectivity index (χ1v) is 6.40. The fraction of sp³-hybridized carbons (Fsp3) is 0.571. The number of aliphatic hydroxyl groups excluding tert-OH is 1. The van der Waals surface area contributed by atoms with Crippen LogP contribution in [-0.4, -0.2) is 31.4 Å². The lowest BCUT2D eigenvalue weighted by molar-refractivity contribution is 0.152. The molecule has 0 aromatic heterocycles. The molecule has 0 unspecified atom stereocenters. The molecule has 0 aliphatic carbocycles. The van der Waals surface area contributed by atoms with E-state index in [0.29, 0.717) is 17.7 Å². The van der Waals surface area contributed by atoms with Crippen LogP contribution in [0.3, 0.4) is 0 Å². The van der Waals surface area contributed by atoms with Gasteiger partial charge in [0.25, 0.3) is 0 Å². The number of hydrogen-bond acceptors (Lipinski definition) is 3. The fourth-order valence-corrected chi connectivity index (χ4v) is 2.28. The zero-order valence-electron chi connectivity index (χ0n) is 10.9. The molecule has 1 aliphatic heterocycles. The van der Waals surface area contributed by atoms with Gasteiger partial charge in [0.1, 0.15) is 5.82 Å². The van der Waals surface area contributed by atoms with Crippen molar-refractivity contribution in [3.8, 4) is 0 Å². The third kappa shape index (κ3) is 2.82. The molecule has 1 N–H and O–H groups in total. The lowest BCUT2D eigenvalue weighted by Crippen LogP contribution is -2.27. The number of aliphatic hydroxyl groups is 1. The third-order valence-electron chi connectivity index (χ3n) is 3.32. The maximum Gasteiger partial charge on any atom is 0.126 e. The molecule has 1 atom stereocenters. The largest absolute Gasteiger partial charge is 0.389 e. The number of halogens is 1. The molecule has 1 saturated heterocycles. The van der Waals surface area contributed by atoms with E-state index in [1.165, 1.54) is 6.07 Å². The Morgan fingerprint density at radius 2 is 2.11 bits per heavy atom. The number of hydrogen-bond donors (Lipinski definition) is 1. The van der Waals surface area contributed by atoms with E-state index in [2.05, 4.69) is 4.90 Å². The average molecular weight is 253 g/mol. The molecule has 1 aromatic carbocycles. The minimum atomic E-state index is -0.667. The highest BCUT2D eigenvalue weighted by atomic mass is 19.1. The predicted octanol–water partition coefficient (Wildman–Crippen LogP) is 2.41. The molecular weight excluding hydrogens is 233 g/mol. The van der Waals surface area contributed by atoms with Crippen LogP contribution in [0, 0.1) is 12.7 Å². The number of anilines is 1. The van der Waals surface area contributed by atoms with Crippen LogP contribution >= 0.6 is 0 Å². The van der Waals surface area contributed by atoms with Gasteiger partial charge in [-0.3, -0.25) is 0 Å². The Bertz CT molecular complexity index is 413. The maximum absolute atomic E-state index is 13.6. The normalized spacial score (nSPS) is 18.6. The van der Waals surface area contributed by atoms with E-state index in [-0.39, 0.29) is 5.82 Å². The van der Waals surface area contributed by atoms with E-state index in [0.717, 1.165) is 31.8 Å². The quantitative estimate of drug-likeness (QED) is 0.878. The van der Waals surface area contributed by atoms with Crippen LogP contribution in [0.15, 0.2) is 12.1 Å². The van der Waals surface area contributed by atoms with E-state index < -0.39 is 6.10 Å². The molecular formula is C14H20FNO2. The number of rotatable bonds is 2. The van der Waals surface area contributed by atoms with E-state index in [1.54, 1.807) is 13.8 Å². The van der Waals surface area contributed by atoms with Crippen LogP contribution in [-0.2, 0) is 4.74 Å². The van der Waals surface area contributed by atoms with E-state index in [4.69, 9.17) is 4.74 Å². The molecule has 4 heteroatoms. The second kappa shape index (κ2) is 5.67. The second-order valence-corrected chi connectivity index (χ2v) is 4.79. The number of aryl methyl sites for hydroxylation is 1. The molecule has 0 bridgehead atoms. The van der Waals surface area contributed by atoms with Gasteiger partial charge in [-0.05, 0) is 38.0 Å². The molecule has 1 aliphatic rings. The monoisotopic (exact) mass is 253 g/mol. The first kappa shape index (κ1) is 13.3. The Hall–Kier alpha value is -1.13. The highest BCUT2D eigenvalue weighted by molar-refractivity contribution is 5.56. The second-order valence-electron chi connectivity index (χ2n) is 4.79. The molecule has 0 saturated carbocycles. The summed E-state index contributed by atoms with van der Waals surface area (Å²) in [6, 6.07) is 3.27. The van der Waals surface area contributed by atoms with Gasteiger partial charge >= 0.3 is 0 Å². The van der Waals surface area contributed by atoms with Crippen molar-refractivity contribution in [1.82, 2.24) is 0 Å². The summed E-state index contributed by atoms with van der Waals surface area (Å²) in [5.41, 5.74) is 2.19. The Labute approximate surface area is 107 Å². The molecule has 1 fully saturated rings. The van der Waals surface area contributed by atoms with Crippen LogP contribution in [0.1, 0.15) is 30.6 Å². The summed E-state index contributed by atoms with van der Waals surface area (Å²) in [6.07, 6.45) is 0.287. The predicted molar refractivity (Wildman–Crippen MR) is 69.4 cm³/mol. The third-order valence-corrected chi connectivity index (χ3v) is 3.32. The molecule has 0 amide bonds. The molecule has 2 rings (SSSR count). The summed E-state index contributed by atoms with van der Waals surface area (Å²) in [7, 11) is 0.